The van der Waals surface area contributed by atoms with Crippen molar-refractivity contribution in [2.24, 2.45) is 0 Å². The Bertz CT molecular complexity index is 824. The number of nitrogens with one attached hydrogen (secondary N) is 2. The van der Waals surface area contributed by atoms with Gasteiger partial charge in [-0.05, 0) is 48.4 Å². The lowest BCUT2D eigenvalue weighted by Gasteiger charge is -2.17. The smallest absolute Gasteiger partial charge is 0.291 e. The number of amides is 1. The van der Waals surface area contributed by atoms with Crippen LogP contribution >= 0.6 is 12.4 Å². The van der Waals surface area contributed by atoms with Crippen LogP contribution in [0.2, 0.25) is 0 Å². The summed E-state index contributed by atoms with van der Waals surface area (Å²) in [6.45, 7) is 1.86. The molecule has 5 heteroatoms. The van der Waals surface area contributed by atoms with Crippen molar-refractivity contribution in [2.75, 3.05) is 11.9 Å². The van der Waals surface area contributed by atoms with Crippen molar-refractivity contribution in [2.45, 2.75) is 13.0 Å². The maximum Gasteiger partial charge on any atom is 0.291 e. The van der Waals surface area contributed by atoms with Crippen LogP contribution in [-0.4, -0.2) is 12.5 Å². The molecule has 0 aliphatic carbocycles. The lowest BCUT2D eigenvalue weighted by atomic mass is 10.0. The van der Waals surface area contributed by atoms with E-state index in [1.54, 1.807) is 6.07 Å². The fourth-order valence-corrected chi connectivity index (χ4v) is 2.84. The molecule has 0 saturated carbocycles. The Morgan fingerprint density at radius 3 is 2.83 bits per heavy atom. The summed E-state index contributed by atoms with van der Waals surface area (Å²) >= 11 is 0. The molecule has 1 amide bonds. The van der Waals surface area contributed by atoms with Gasteiger partial charge in [0.2, 0.25) is 0 Å². The molecule has 0 fully saturated rings. The fraction of sp³-hybridized carbons (Fsp3) is 0.167. The van der Waals surface area contributed by atoms with Crippen LogP contribution < -0.4 is 10.6 Å². The molecular formula is C18H17ClN2O2. The Balaban J connectivity index is 0.00000156. The highest BCUT2D eigenvalue weighted by molar-refractivity contribution is 6.04. The van der Waals surface area contributed by atoms with Gasteiger partial charge in [-0.3, -0.25) is 4.79 Å². The second-order valence-corrected chi connectivity index (χ2v) is 5.51. The number of furan rings is 1. The lowest BCUT2D eigenvalue weighted by Crippen LogP contribution is -2.23. The predicted octanol–water partition coefficient (Wildman–Crippen LogP) is 3.75. The van der Waals surface area contributed by atoms with Gasteiger partial charge in [-0.15, -0.1) is 12.4 Å². The van der Waals surface area contributed by atoms with E-state index in [2.05, 4.69) is 16.7 Å². The molecule has 2 aromatic carbocycles. The van der Waals surface area contributed by atoms with Crippen molar-refractivity contribution in [1.29, 1.82) is 0 Å². The Labute approximate surface area is 140 Å². The highest BCUT2D eigenvalue weighted by Gasteiger charge is 2.14. The summed E-state index contributed by atoms with van der Waals surface area (Å²) in [5.41, 5.74) is 4.12. The van der Waals surface area contributed by atoms with Gasteiger partial charge in [0.1, 0.15) is 5.58 Å². The van der Waals surface area contributed by atoms with Gasteiger partial charge in [-0.25, -0.2) is 0 Å². The molecule has 0 saturated heterocycles. The molecule has 1 aliphatic rings. The average molecular weight is 329 g/mol. The predicted molar refractivity (Wildman–Crippen MR) is 93.3 cm³/mol. The molecule has 4 rings (SSSR count). The van der Waals surface area contributed by atoms with E-state index in [9.17, 15) is 4.79 Å². The Kier molecular flexibility index (Phi) is 4.37. The zero-order chi connectivity index (χ0) is 14.9. The van der Waals surface area contributed by atoms with Crippen molar-refractivity contribution >= 4 is 35.0 Å². The van der Waals surface area contributed by atoms with E-state index < -0.39 is 0 Å². The van der Waals surface area contributed by atoms with Gasteiger partial charge >= 0.3 is 0 Å². The van der Waals surface area contributed by atoms with E-state index in [1.807, 2.05) is 36.4 Å². The summed E-state index contributed by atoms with van der Waals surface area (Å²) in [5, 5.41) is 7.18. The number of fused-ring (bicyclic) bond motifs is 2. The third-order valence-corrected chi connectivity index (χ3v) is 4.00. The van der Waals surface area contributed by atoms with Gasteiger partial charge in [-0.1, -0.05) is 24.3 Å². The van der Waals surface area contributed by atoms with Gasteiger partial charge in [0.25, 0.3) is 5.91 Å². The van der Waals surface area contributed by atoms with E-state index >= 15 is 0 Å². The molecule has 0 bridgehead atoms. The van der Waals surface area contributed by atoms with Crippen LogP contribution in [0.25, 0.3) is 11.0 Å². The molecular weight excluding hydrogens is 312 g/mol. The van der Waals surface area contributed by atoms with E-state index in [0.717, 1.165) is 36.2 Å². The topological polar surface area (TPSA) is 54.3 Å². The Morgan fingerprint density at radius 1 is 1.09 bits per heavy atom. The second kappa shape index (κ2) is 6.44. The zero-order valence-electron chi connectivity index (χ0n) is 12.5. The normalized spacial score (nSPS) is 13.2. The molecule has 3 aromatic rings. The lowest BCUT2D eigenvalue weighted by molar-refractivity contribution is 0.0998. The maximum atomic E-state index is 12.3. The number of hydrogen-bond donors (Lipinski definition) is 2. The summed E-state index contributed by atoms with van der Waals surface area (Å²) < 4.78 is 5.59. The number of carbonyl (C=O) groups is 1. The number of para-hydroxylation sites is 1. The SMILES string of the molecule is Cl.O=C(Nc1ccc2c(c1)CNCC2)c1cc2ccccc2o1. The molecule has 118 valence electrons. The van der Waals surface area contributed by atoms with Crippen LogP contribution in [0.1, 0.15) is 21.7 Å². The summed E-state index contributed by atoms with van der Waals surface area (Å²) in [6, 6.07) is 15.4. The zero-order valence-corrected chi connectivity index (χ0v) is 13.3. The fourth-order valence-electron chi connectivity index (χ4n) is 2.84. The van der Waals surface area contributed by atoms with Crippen LogP contribution in [-0.2, 0) is 13.0 Å². The summed E-state index contributed by atoms with van der Waals surface area (Å²) in [5.74, 6) is 0.108. The molecule has 2 heterocycles. The van der Waals surface area contributed by atoms with E-state index in [4.69, 9.17) is 4.42 Å². The van der Waals surface area contributed by atoms with Gasteiger partial charge in [0.15, 0.2) is 5.76 Å². The van der Waals surface area contributed by atoms with E-state index in [-0.39, 0.29) is 18.3 Å². The van der Waals surface area contributed by atoms with Crippen LogP contribution in [0.5, 0.6) is 0 Å². The van der Waals surface area contributed by atoms with E-state index in [1.165, 1.54) is 11.1 Å². The average Bonchev–Trinajstić information content (AvgIpc) is 2.99. The number of benzene rings is 2. The first kappa shape index (κ1) is 15.6. The number of anilines is 1. The minimum absolute atomic E-state index is 0. The molecule has 0 unspecified atom stereocenters. The first-order chi connectivity index (χ1) is 10.8. The van der Waals surface area contributed by atoms with Crippen molar-refractivity contribution in [1.82, 2.24) is 5.32 Å². The summed E-state index contributed by atoms with van der Waals surface area (Å²) in [4.78, 5) is 12.3. The summed E-state index contributed by atoms with van der Waals surface area (Å²) in [6.07, 6.45) is 1.03. The first-order valence-electron chi connectivity index (χ1n) is 7.42. The molecule has 2 N–H and O–H groups in total. The molecule has 0 spiro atoms. The monoisotopic (exact) mass is 328 g/mol. The van der Waals surface area contributed by atoms with Crippen molar-refractivity contribution in [3.05, 3.63) is 65.4 Å². The number of halogens is 1. The largest absolute Gasteiger partial charge is 0.451 e. The molecule has 0 atom stereocenters. The van der Waals surface area contributed by atoms with Crippen molar-refractivity contribution < 1.29 is 9.21 Å². The van der Waals surface area contributed by atoms with E-state index in [0.29, 0.717) is 5.76 Å². The van der Waals surface area contributed by atoms with Crippen molar-refractivity contribution in [3.63, 3.8) is 0 Å². The second-order valence-electron chi connectivity index (χ2n) is 5.51. The molecule has 23 heavy (non-hydrogen) atoms. The first-order valence-corrected chi connectivity index (χ1v) is 7.42. The number of hydrogen-bond acceptors (Lipinski definition) is 3. The highest BCUT2D eigenvalue weighted by Crippen LogP contribution is 2.22. The minimum atomic E-state index is -0.222. The molecule has 1 aliphatic heterocycles. The van der Waals surface area contributed by atoms with Gasteiger partial charge in [0, 0.05) is 17.6 Å². The molecule has 1 aromatic heterocycles. The number of carbonyl (C=O) groups excluding carboxylic acids is 1. The quantitative estimate of drug-likeness (QED) is 0.753. The third kappa shape index (κ3) is 3.09. The Morgan fingerprint density at radius 2 is 1.96 bits per heavy atom. The van der Waals surface area contributed by atoms with Crippen LogP contribution in [0, 0.1) is 0 Å². The van der Waals surface area contributed by atoms with Crippen LogP contribution in [0.4, 0.5) is 5.69 Å². The molecule has 0 radical (unpaired) electrons. The van der Waals surface area contributed by atoms with Gasteiger partial charge in [-0.2, -0.15) is 0 Å². The Hall–Kier alpha value is -2.30. The standard InChI is InChI=1S/C18H16N2O2.ClH/c21-18(17-10-13-3-1-2-4-16(13)22-17)20-15-6-5-12-7-8-19-11-14(12)9-15;/h1-6,9-10,19H,7-8,11H2,(H,20,21);1H. The molecule has 4 nitrogen and oxygen atoms in total. The number of rotatable bonds is 2. The van der Waals surface area contributed by atoms with Gasteiger partial charge in [0.05, 0.1) is 0 Å². The summed E-state index contributed by atoms with van der Waals surface area (Å²) in [7, 11) is 0. The minimum Gasteiger partial charge on any atom is -0.451 e. The third-order valence-electron chi connectivity index (χ3n) is 4.00. The van der Waals surface area contributed by atoms with Gasteiger partial charge < -0.3 is 15.1 Å². The maximum absolute atomic E-state index is 12.3. The highest BCUT2D eigenvalue weighted by atomic mass is 35.5. The van der Waals surface area contributed by atoms with Crippen molar-refractivity contribution in [3.8, 4) is 0 Å². The van der Waals surface area contributed by atoms with Crippen LogP contribution in [0.3, 0.4) is 0 Å². The van der Waals surface area contributed by atoms with Crippen LogP contribution in [0.15, 0.2) is 52.9 Å².